The molecule has 1 unspecified atom stereocenters. The Labute approximate surface area is 318 Å². The molecular formula is C42H52N4O7S. The highest BCUT2D eigenvalue weighted by Crippen LogP contribution is 2.47. The molecule has 1 spiro atoms. The second kappa shape index (κ2) is 14.8. The fourth-order valence-corrected chi connectivity index (χ4v) is 11.3. The van der Waals surface area contributed by atoms with Crippen LogP contribution >= 0.6 is 0 Å². The largest absolute Gasteiger partial charge is 0.494 e. The van der Waals surface area contributed by atoms with E-state index in [2.05, 4.69) is 51.3 Å². The Kier molecular flexibility index (Phi) is 10.1. The predicted octanol–water partition coefficient (Wildman–Crippen LogP) is 6.40. The maximum absolute atomic E-state index is 14.8. The van der Waals surface area contributed by atoms with E-state index >= 15 is 0 Å². The van der Waals surface area contributed by atoms with Crippen LogP contribution in [-0.4, -0.2) is 73.0 Å². The van der Waals surface area contributed by atoms with Gasteiger partial charge >= 0.3 is 0 Å². The van der Waals surface area contributed by atoms with Crippen molar-refractivity contribution in [3.8, 4) is 11.5 Å². The fourth-order valence-electron chi connectivity index (χ4n) is 9.37. The van der Waals surface area contributed by atoms with Gasteiger partial charge in [-0.15, -0.1) is 4.36 Å². The number of fused-ring (bicyclic) bond motifs is 5. The molecule has 11 nitrogen and oxygen atoms in total. The second-order valence-electron chi connectivity index (χ2n) is 16.0. The Morgan fingerprint density at radius 2 is 2.02 bits per heavy atom. The molecule has 0 radical (unpaired) electrons. The molecule has 2 aliphatic carbocycles. The molecule has 4 heterocycles. The number of carbonyl (C=O) groups is 2. The Balaban J connectivity index is 1.19. The van der Waals surface area contributed by atoms with E-state index in [0.29, 0.717) is 55.9 Å². The molecule has 1 fully saturated rings. The van der Waals surface area contributed by atoms with Gasteiger partial charge in [-0.05, 0) is 92.5 Å². The Morgan fingerprint density at radius 3 is 2.81 bits per heavy atom. The molecule has 8 rings (SSSR count). The maximum atomic E-state index is 14.8. The number of benzene rings is 2. The van der Waals surface area contributed by atoms with Crippen molar-refractivity contribution in [3.63, 3.8) is 0 Å². The number of nitrogens with one attached hydrogen (secondary N) is 1. The quantitative estimate of drug-likeness (QED) is 0.304. The summed E-state index contributed by atoms with van der Waals surface area (Å²) in [6, 6.07) is 12.2. The first-order valence-electron chi connectivity index (χ1n) is 19.3. The molecule has 2 bridgehead atoms. The normalized spacial score (nSPS) is 30.0. The number of amides is 2. The van der Waals surface area contributed by atoms with Gasteiger partial charge in [-0.1, -0.05) is 42.8 Å². The van der Waals surface area contributed by atoms with E-state index in [0.717, 1.165) is 62.3 Å². The summed E-state index contributed by atoms with van der Waals surface area (Å²) in [6.45, 7) is 7.58. The number of aromatic nitrogens is 1. The molecule has 2 aromatic carbocycles. The molecular weight excluding hydrogens is 705 g/mol. The zero-order valence-corrected chi connectivity index (χ0v) is 32.6. The topological polar surface area (TPSA) is 121 Å². The summed E-state index contributed by atoms with van der Waals surface area (Å²) in [5.41, 5.74) is 5.90. The summed E-state index contributed by atoms with van der Waals surface area (Å²) in [6.07, 6.45) is 11.8. The van der Waals surface area contributed by atoms with E-state index in [1.54, 1.807) is 19.4 Å². The van der Waals surface area contributed by atoms with E-state index < -0.39 is 21.7 Å². The van der Waals surface area contributed by atoms with Crippen LogP contribution in [0.15, 0.2) is 59.1 Å². The molecule has 5 aliphatic rings. The van der Waals surface area contributed by atoms with Crippen LogP contribution in [0.4, 0.5) is 5.69 Å². The molecule has 1 N–H and O–H groups in total. The van der Waals surface area contributed by atoms with Gasteiger partial charge in [0.2, 0.25) is 0 Å². The summed E-state index contributed by atoms with van der Waals surface area (Å²) in [4.78, 5) is 30.5. The Morgan fingerprint density at radius 1 is 1.15 bits per heavy atom. The molecule has 3 aromatic rings. The minimum atomic E-state index is -3.60. The van der Waals surface area contributed by atoms with Crippen molar-refractivity contribution in [2.45, 2.75) is 77.0 Å². The number of allylic oxidation sites excluding steroid dienone is 1. The highest BCUT2D eigenvalue weighted by atomic mass is 32.2. The van der Waals surface area contributed by atoms with Gasteiger partial charge in [-0.2, -0.15) is 0 Å². The Hall–Kier alpha value is -4.13. The first-order valence-corrected chi connectivity index (χ1v) is 21.0. The van der Waals surface area contributed by atoms with E-state index in [1.807, 2.05) is 23.6 Å². The van der Waals surface area contributed by atoms with Crippen LogP contribution in [0.2, 0.25) is 0 Å². The van der Waals surface area contributed by atoms with Crippen molar-refractivity contribution in [2.75, 3.05) is 51.2 Å². The number of aryl methyl sites for hydroxylation is 2. The van der Waals surface area contributed by atoms with E-state index in [1.165, 1.54) is 23.8 Å². The van der Waals surface area contributed by atoms with Crippen LogP contribution in [0.5, 0.6) is 11.5 Å². The SMILES string of the molecule is COc1c(C(=O)NS2(=O)=NC(=O)c3ccc4c(c3)N(C[C@@H]3CC[C@H]3[C@@H](OC)/C=C/C[C@H](C)C2)C[C@@]2(CCCc3cc(C)ccc32)CO4)cn2c1COCC2. The number of hydrogen-bond acceptors (Lipinski definition) is 8. The van der Waals surface area contributed by atoms with E-state index in [4.69, 9.17) is 18.9 Å². The molecule has 2 amide bonds. The first kappa shape index (κ1) is 36.8. The number of methoxy groups -OCH3 is 2. The standard InChI is InChI=1S/C42H52N4O7S/c1-27-10-14-34-29(19-27)8-6-16-42(34)25-46-21-31-11-13-32(31)37(50-3)9-5-7-28(2)24-54(49,43-40(47)30-12-15-38(53-26-42)35(46)20-30)44-41(48)33-22-45-17-18-52-23-36(45)39(33)51-4/h5,9-10,12,14-15,19-20,22,28,31-32,37H,6-8,11,13,16-18,21,23-26H2,1-4H3,(H,43,44,47,48,49)/b9-5+/t28-,31-,32+,37-,42-,54?/m0/s1. The lowest BCUT2D eigenvalue weighted by Crippen LogP contribution is -2.49. The van der Waals surface area contributed by atoms with Crippen molar-refractivity contribution in [1.82, 2.24) is 9.29 Å². The van der Waals surface area contributed by atoms with Crippen LogP contribution < -0.4 is 19.1 Å². The first-order chi connectivity index (χ1) is 26.1. The third kappa shape index (κ3) is 6.97. The third-order valence-electron chi connectivity index (χ3n) is 12.3. The average Bonchev–Trinajstić information content (AvgIpc) is 3.45. The molecule has 288 valence electrons. The minimum absolute atomic E-state index is 0.0148. The number of rotatable bonds is 4. The lowest BCUT2D eigenvalue weighted by atomic mass is 9.68. The average molecular weight is 757 g/mol. The molecule has 6 atom stereocenters. The summed E-state index contributed by atoms with van der Waals surface area (Å²) in [5, 5.41) is 0. The highest BCUT2D eigenvalue weighted by molar-refractivity contribution is 7.92. The van der Waals surface area contributed by atoms with Gasteiger partial charge < -0.3 is 28.4 Å². The zero-order valence-electron chi connectivity index (χ0n) is 31.8. The molecule has 3 aliphatic heterocycles. The lowest BCUT2D eigenvalue weighted by Gasteiger charge is -2.46. The zero-order chi connectivity index (χ0) is 37.6. The fraction of sp³-hybridized carbons (Fsp3) is 0.524. The molecule has 1 saturated carbocycles. The number of hydrogen-bond donors (Lipinski definition) is 1. The van der Waals surface area contributed by atoms with Crippen LogP contribution in [0.25, 0.3) is 0 Å². The Bertz CT molecular complexity index is 2100. The van der Waals surface area contributed by atoms with Crippen molar-refractivity contribution < 1.29 is 32.7 Å². The van der Waals surface area contributed by atoms with Crippen molar-refractivity contribution in [1.29, 1.82) is 0 Å². The highest BCUT2D eigenvalue weighted by Gasteiger charge is 2.44. The number of ether oxygens (including phenoxy) is 4. The maximum Gasteiger partial charge on any atom is 0.286 e. The monoisotopic (exact) mass is 756 g/mol. The van der Waals surface area contributed by atoms with Gasteiger partial charge in [0, 0.05) is 43.9 Å². The minimum Gasteiger partial charge on any atom is -0.494 e. The lowest BCUT2D eigenvalue weighted by molar-refractivity contribution is 0.0131. The van der Waals surface area contributed by atoms with Crippen LogP contribution in [0, 0.1) is 24.7 Å². The van der Waals surface area contributed by atoms with E-state index in [9.17, 15) is 13.8 Å². The summed E-state index contributed by atoms with van der Waals surface area (Å²) in [5.74, 6) is 0.389. The van der Waals surface area contributed by atoms with Gasteiger partial charge in [0.15, 0.2) is 5.75 Å². The second-order valence-corrected chi connectivity index (χ2v) is 18.0. The predicted molar refractivity (Wildman–Crippen MR) is 208 cm³/mol. The van der Waals surface area contributed by atoms with Gasteiger partial charge in [-0.3, -0.25) is 14.3 Å². The summed E-state index contributed by atoms with van der Waals surface area (Å²) in [7, 11) is -0.327. The molecule has 1 aromatic heterocycles. The number of anilines is 1. The molecule has 0 saturated heterocycles. The van der Waals surface area contributed by atoms with Gasteiger partial charge in [0.1, 0.15) is 21.2 Å². The number of nitrogens with zero attached hydrogens (tertiary/aromatic N) is 3. The van der Waals surface area contributed by atoms with Crippen LogP contribution in [0.3, 0.4) is 0 Å². The van der Waals surface area contributed by atoms with Gasteiger partial charge in [0.05, 0.1) is 50.2 Å². The van der Waals surface area contributed by atoms with Crippen LogP contribution in [0.1, 0.15) is 82.1 Å². The summed E-state index contributed by atoms with van der Waals surface area (Å²) >= 11 is 0. The summed E-state index contributed by atoms with van der Waals surface area (Å²) < 4.78 is 47.8. The van der Waals surface area contributed by atoms with Gasteiger partial charge in [0.25, 0.3) is 11.8 Å². The third-order valence-corrected chi connectivity index (χ3v) is 14.2. The van der Waals surface area contributed by atoms with Gasteiger partial charge in [-0.25, -0.2) is 4.21 Å². The smallest absolute Gasteiger partial charge is 0.286 e. The van der Waals surface area contributed by atoms with Crippen molar-refractivity contribution in [2.24, 2.45) is 22.1 Å². The van der Waals surface area contributed by atoms with E-state index in [-0.39, 0.29) is 28.8 Å². The molecule has 54 heavy (non-hydrogen) atoms. The van der Waals surface area contributed by atoms with Crippen LogP contribution in [-0.2, 0) is 44.4 Å². The molecule has 12 heteroatoms. The number of carbonyl (C=O) groups excluding carboxylic acids is 2. The van der Waals surface area contributed by atoms with Crippen molar-refractivity contribution >= 4 is 27.4 Å². The van der Waals surface area contributed by atoms with Crippen molar-refractivity contribution in [3.05, 3.63) is 88.3 Å².